The van der Waals surface area contributed by atoms with Crippen LogP contribution in [0.25, 0.3) is 44.9 Å². The van der Waals surface area contributed by atoms with Crippen molar-refractivity contribution in [2.45, 2.75) is 41.0 Å². The van der Waals surface area contributed by atoms with Crippen molar-refractivity contribution in [1.82, 2.24) is 25.5 Å². The van der Waals surface area contributed by atoms with E-state index >= 15 is 4.39 Å². The summed E-state index contributed by atoms with van der Waals surface area (Å²) in [7, 11) is 0. The number of rotatable bonds is 9. The Bertz CT molecular complexity index is 1820. The SMILES string of the molecule is C=C/C(=C\C(=C/C)C(=C)/C(F)=c1/c(-c2nc3c(-c4ccc(F)s4)cccc3[nH]2)n[nH]/c1=C/C)NC(=C)CC(C)(C)C. The molecule has 3 N–H and O–H groups in total. The fraction of sp³-hybridized carbons (Fsp3) is 0.212. The van der Waals surface area contributed by atoms with E-state index in [1.165, 1.54) is 6.07 Å². The molecule has 0 aliphatic heterocycles. The largest absolute Gasteiger partial charge is 0.359 e. The smallest absolute Gasteiger partial charge is 0.176 e. The molecule has 0 bridgehead atoms. The fourth-order valence-corrected chi connectivity index (χ4v) is 5.34. The molecule has 0 saturated heterocycles. The number of hydrogen-bond acceptors (Lipinski definition) is 4. The maximum absolute atomic E-state index is 16.4. The number of nitrogens with one attached hydrogen (secondary N) is 3. The van der Waals surface area contributed by atoms with Crippen LogP contribution in [0.3, 0.4) is 0 Å². The Balaban J connectivity index is 1.78. The third-order valence-electron chi connectivity index (χ3n) is 6.40. The number of H-pyrrole nitrogens is 2. The maximum Gasteiger partial charge on any atom is 0.176 e. The molecular weight excluding hydrogens is 536 g/mol. The van der Waals surface area contributed by atoms with Gasteiger partial charge in [-0.1, -0.05) is 64.8 Å². The van der Waals surface area contributed by atoms with Crippen LogP contribution in [0.4, 0.5) is 8.78 Å². The lowest BCUT2D eigenvalue weighted by atomic mass is 9.91. The van der Waals surface area contributed by atoms with Crippen molar-refractivity contribution in [3.63, 3.8) is 0 Å². The number of aromatic nitrogens is 4. The Hall–Kier alpha value is -4.30. The highest BCUT2D eigenvalue weighted by Crippen LogP contribution is 2.33. The van der Waals surface area contributed by atoms with Gasteiger partial charge in [-0.05, 0) is 61.6 Å². The molecular formula is C33H35F2N5S. The van der Waals surface area contributed by atoms with Gasteiger partial charge in [-0.3, -0.25) is 5.10 Å². The van der Waals surface area contributed by atoms with Crippen LogP contribution in [-0.4, -0.2) is 20.2 Å². The van der Waals surface area contributed by atoms with Gasteiger partial charge in [0.25, 0.3) is 0 Å². The van der Waals surface area contributed by atoms with Crippen molar-refractivity contribution < 1.29 is 8.78 Å². The summed E-state index contributed by atoms with van der Waals surface area (Å²) in [6, 6.07) is 8.78. The van der Waals surface area contributed by atoms with Crippen molar-refractivity contribution in [3.05, 3.63) is 107 Å². The van der Waals surface area contributed by atoms with Gasteiger partial charge in [0.05, 0.1) is 21.6 Å². The molecule has 0 amide bonds. The average molecular weight is 572 g/mol. The topological polar surface area (TPSA) is 69.4 Å². The number of aromatic amines is 2. The average Bonchev–Trinajstić information content (AvgIpc) is 3.66. The minimum Gasteiger partial charge on any atom is -0.359 e. The van der Waals surface area contributed by atoms with E-state index in [1.807, 2.05) is 25.1 Å². The number of imidazole rings is 1. The molecule has 3 heterocycles. The summed E-state index contributed by atoms with van der Waals surface area (Å²) in [5.41, 5.74) is 4.83. The molecule has 41 heavy (non-hydrogen) atoms. The van der Waals surface area contributed by atoms with E-state index in [0.29, 0.717) is 33.7 Å². The maximum atomic E-state index is 16.4. The minimum atomic E-state index is -0.538. The normalized spacial score (nSPS) is 14.0. The predicted molar refractivity (Wildman–Crippen MR) is 168 cm³/mol. The fourth-order valence-electron chi connectivity index (χ4n) is 4.58. The first-order valence-corrected chi connectivity index (χ1v) is 14.1. The number of hydrogen-bond donors (Lipinski definition) is 3. The van der Waals surface area contributed by atoms with Gasteiger partial charge in [0.15, 0.2) is 11.0 Å². The second kappa shape index (κ2) is 12.1. The van der Waals surface area contributed by atoms with Crippen molar-refractivity contribution in [2.24, 2.45) is 5.41 Å². The van der Waals surface area contributed by atoms with Gasteiger partial charge in [-0.15, -0.1) is 11.3 Å². The summed E-state index contributed by atoms with van der Waals surface area (Å²) in [6.45, 7) is 22.2. The van der Waals surface area contributed by atoms with Crippen LogP contribution in [0.15, 0.2) is 90.8 Å². The Kier molecular flexibility index (Phi) is 8.73. The molecule has 0 saturated carbocycles. The second-order valence-corrected chi connectivity index (χ2v) is 11.9. The van der Waals surface area contributed by atoms with Crippen LogP contribution >= 0.6 is 11.3 Å². The van der Waals surface area contributed by atoms with E-state index in [0.717, 1.165) is 39.4 Å². The van der Waals surface area contributed by atoms with Crippen LogP contribution in [0.1, 0.15) is 41.0 Å². The Morgan fingerprint density at radius 1 is 1.15 bits per heavy atom. The first-order chi connectivity index (χ1) is 19.4. The predicted octanol–water partition coefficient (Wildman–Crippen LogP) is 7.81. The van der Waals surface area contributed by atoms with E-state index in [2.05, 4.69) is 61.0 Å². The number of benzene rings is 1. The van der Waals surface area contributed by atoms with E-state index < -0.39 is 5.83 Å². The summed E-state index contributed by atoms with van der Waals surface area (Å²) in [4.78, 5) is 8.78. The molecule has 0 aliphatic rings. The summed E-state index contributed by atoms with van der Waals surface area (Å²) in [5.74, 6) is -0.152. The van der Waals surface area contributed by atoms with E-state index in [9.17, 15) is 4.39 Å². The second-order valence-electron chi connectivity index (χ2n) is 10.8. The molecule has 0 fully saturated rings. The van der Waals surface area contributed by atoms with Gasteiger partial charge < -0.3 is 10.3 Å². The van der Waals surface area contributed by atoms with Crippen molar-refractivity contribution in [1.29, 1.82) is 0 Å². The summed E-state index contributed by atoms with van der Waals surface area (Å²) in [5, 5.41) is 11.1. The van der Waals surface area contributed by atoms with Gasteiger partial charge in [0.2, 0.25) is 0 Å². The molecule has 0 spiro atoms. The van der Waals surface area contributed by atoms with Crippen LogP contribution in [-0.2, 0) is 0 Å². The van der Waals surface area contributed by atoms with Crippen LogP contribution in [0.5, 0.6) is 0 Å². The van der Waals surface area contributed by atoms with Gasteiger partial charge in [-0.25, -0.2) is 9.37 Å². The van der Waals surface area contributed by atoms with Gasteiger partial charge in [0.1, 0.15) is 11.5 Å². The van der Waals surface area contributed by atoms with E-state index in [4.69, 9.17) is 4.98 Å². The quantitative estimate of drug-likeness (QED) is 0.180. The van der Waals surface area contributed by atoms with Crippen molar-refractivity contribution in [2.75, 3.05) is 0 Å². The first-order valence-electron chi connectivity index (χ1n) is 13.3. The summed E-state index contributed by atoms with van der Waals surface area (Å²) in [6.07, 6.45) is 7.77. The molecule has 1 aromatic carbocycles. The molecule has 0 unspecified atom stereocenters. The minimum absolute atomic E-state index is 0.0609. The van der Waals surface area contributed by atoms with Gasteiger partial charge in [0, 0.05) is 27.4 Å². The molecule has 0 aliphatic carbocycles. The third kappa shape index (κ3) is 6.55. The zero-order valence-corrected chi connectivity index (χ0v) is 24.9. The molecule has 4 rings (SSSR count). The number of fused-ring (bicyclic) bond motifs is 1. The number of para-hydroxylation sites is 1. The molecule has 4 aromatic rings. The number of halogens is 2. The highest BCUT2D eigenvalue weighted by molar-refractivity contribution is 7.14. The van der Waals surface area contributed by atoms with Crippen molar-refractivity contribution in [3.8, 4) is 22.0 Å². The monoisotopic (exact) mass is 571 g/mol. The van der Waals surface area contributed by atoms with Crippen molar-refractivity contribution >= 4 is 34.3 Å². The lowest BCUT2D eigenvalue weighted by molar-refractivity contribution is 0.403. The van der Waals surface area contributed by atoms with Gasteiger partial charge >= 0.3 is 0 Å². The summed E-state index contributed by atoms with van der Waals surface area (Å²) < 4.78 is 30.1. The van der Waals surface area contributed by atoms with Crippen LogP contribution < -0.4 is 15.9 Å². The highest BCUT2D eigenvalue weighted by Gasteiger charge is 2.19. The number of thiophene rings is 1. The third-order valence-corrected chi connectivity index (χ3v) is 7.31. The zero-order chi connectivity index (χ0) is 29.9. The Morgan fingerprint density at radius 2 is 1.90 bits per heavy atom. The van der Waals surface area contributed by atoms with Crippen LogP contribution in [0, 0.1) is 10.5 Å². The lowest BCUT2D eigenvalue weighted by Crippen LogP contribution is -2.26. The Labute approximate surface area is 243 Å². The molecule has 5 nitrogen and oxygen atoms in total. The summed E-state index contributed by atoms with van der Waals surface area (Å²) >= 11 is 1.05. The Morgan fingerprint density at radius 3 is 2.51 bits per heavy atom. The molecule has 0 radical (unpaired) electrons. The molecule has 8 heteroatoms. The molecule has 212 valence electrons. The zero-order valence-electron chi connectivity index (χ0n) is 24.1. The lowest BCUT2D eigenvalue weighted by Gasteiger charge is -2.21. The first kappa shape index (κ1) is 29.7. The van der Waals surface area contributed by atoms with Crippen LogP contribution in [0.2, 0.25) is 0 Å². The number of nitrogens with zero attached hydrogens (tertiary/aromatic N) is 2. The van der Waals surface area contributed by atoms with E-state index in [-0.39, 0.29) is 21.3 Å². The molecule has 0 atom stereocenters. The number of allylic oxidation sites excluding steroid dienone is 6. The molecule has 3 aromatic heterocycles. The van der Waals surface area contributed by atoms with E-state index in [1.54, 1.807) is 37.3 Å². The van der Waals surface area contributed by atoms with Gasteiger partial charge in [-0.2, -0.15) is 9.49 Å². The standard InChI is InChI=1S/C33H35F2N5S/c1-9-21(17-22(10-2)36-19(4)18-33(6,7)8)20(5)29(35)28-24(11-3)39-40-31(28)32-37-25-14-12-13-23(30(25)38-32)26-15-16-27(34)41-26/h9-17,36,39H,2,4-5,18H2,1,3,6-8H3,(H,37,38)/b21-9+,22-17+,24-11+,29-28-. The highest BCUT2D eigenvalue weighted by atomic mass is 32.1.